The minimum Gasteiger partial charge on any atom is -0.449 e. The van der Waals surface area contributed by atoms with Crippen molar-refractivity contribution in [3.8, 4) is 0 Å². The lowest BCUT2D eigenvalue weighted by Gasteiger charge is -2.18. The van der Waals surface area contributed by atoms with Gasteiger partial charge in [-0.05, 0) is 22.8 Å². The second-order valence-corrected chi connectivity index (χ2v) is 5.38. The van der Waals surface area contributed by atoms with Gasteiger partial charge >= 0.3 is 5.97 Å². The van der Waals surface area contributed by atoms with Gasteiger partial charge in [0.15, 0.2) is 6.10 Å². The van der Waals surface area contributed by atoms with Crippen LogP contribution < -0.4 is 0 Å². The minimum absolute atomic E-state index is 0.364. The number of carbonyl (C=O) groups is 1. The van der Waals surface area contributed by atoms with Crippen LogP contribution in [0.15, 0.2) is 97.1 Å². The fraction of sp³-hybridized carbons (Fsp3) is 0.0455. The maximum absolute atomic E-state index is 12.3. The van der Waals surface area contributed by atoms with Crippen LogP contribution in [-0.4, -0.2) is 5.97 Å². The van der Waals surface area contributed by atoms with E-state index in [0.29, 0.717) is 0 Å². The van der Waals surface area contributed by atoms with Gasteiger partial charge in [-0.1, -0.05) is 91.0 Å². The van der Waals surface area contributed by atoms with Gasteiger partial charge in [0.05, 0.1) is 0 Å². The third kappa shape index (κ3) is 4.20. The monoisotopic (exact) mass is 314 g/mol. The summed E-state index contributed by atoms with van der Waals surface area (Å²) in [5.41, 5.74) is 2.86. The van der Waals surface area contributed by atoms with Crippen molar-refractivity contribution in [3.63, 3.8) is 0 Å². The summed E-state index contributed by atoms with van der Waals surface area (Å²) in [4.78, 5) is 12.3. The summed E-state index contributed by atoms with van der Waals surface area (Å²) in [6.07, 6.45) is 2.81. The molecule has 0 spiro atoms. The molecule has 0 radical (unpaired) electrons. The lowest BCUT2D eigenvalue weighted by Crippen LogP contribution is -2.10. The zero-order valence-electron chi connectivity index (χ0n) is 13.2. The maximum atomic E-state index is 12.3. The quantitative estimate of drug-likeness (QED) is 0.487. The number of ether oxygens (including phenoxy) is 1. The number of rotatable bonds is 5. The van der Waals surface area contributed by atoms with E-state index < -0.39 is 6.10 Å². The first-order valence-electron chi connectivity index (χ1n) is 7.86. The second-order valence-electron chi connectivity index (χ2n) is 5.38. The highest BCUT2D eigenvalue weighted by atomic mass is 16.5. The molecule has 0 amide bonds. The molecule has 3 aromatic carbocycles. The van der Waals surface area contributed by atoms with Crippen molar-refractivity contribution in [2.45, 2.75) is 6.10 Å². The highest BCUT2D eigenvalue weighted by Crippen LogP contribution is 2.26. The molecule has 0 aliphatic rings. The van der Waals surface area contributed by atoms with E-state index in [1.165, 1.54) is 6.08 Å². The van der Waals surface area contributed by atoms with Crippen LogP contribution in [0.3, 0.4) is 0 Å². The number of carbonyl (C=O) groups excluding carboxylic acids is 1. The Kier molecular flexibility index (Phi) is 5.21. The van der Waals surface area contributed by atoms with Crippen molar-refractivity contribution in [2.24, 2.45) is 0 Å². The lowest BCUT2D eigenvalue weighted by atomic mass is 10.0. The van der Waals surface area contributed by atoms with Gasteiger partial charge in [-0.3, -0.25) is 0 Å². The van der Waals surface area contributed by atoms with E-state index in [-0.39, 0.29) is 5.97 Å². The third-order valence-electron chi connectivity index (χ3n) is 3.65. The molecule has 0 saturated carbocycles. The number of hydrogen-bond acceptors (Lipinski definition) is 2. The Morgan fingerprint density at radius 2 is 1.17 bits per heavy atom. The van der Waals surface area contributed by atoms with Gasteiger partial charge in [0.25, 0.3) is 0 Å². The van der Waals surface area contributed by atoms with Crippen LogP contribution in [0.4, 0.5) is 0 Å². The van der Waals surface area contributed by atoms with E-state index in [0.717, 1.165) is 16.7 Å². The summed E-state index contributed by atoms with van der Waals surface area (Å²) in [7, 11) is 0. The van der Waals surface area contributed by atoms with Crippen LogP contribution in [0.1, 0.15) is 22.8 Å². The summed E-state index contributed by atoms with van der Waals surface area (Å²) >= 11 is 0. The van der Waals surface area contributed by atoms with Crippen LogP contribution in [0, 0.1) is 0 Å². The van der Waals surface area contributed by atoms with E-state index in [1.807, 2.05) is 91.0 Å². The van der Waals surface area contributed by atoms with Crippen molar-refractivity contribution < 1.29 is 9.53 Å². The highest BCUT2D eigenvalue weighted by molar-refractivity contribution is 5.87. The van der Waals surface area contributed by atoms with E-state index >= 15 is 0 Å². The maximum Gasteiger partial charge on any atom is 0.331 e. The lowest BCUT2D eigenvalue weighted by molar-refractivity contribution is -0.141. The molecule has 0 N–H and O–H groups in total. The SMILES string of the molecule is O=C(/C=C/c1ccccc1)OC(c1ccccc1)c1ccccc1. The molecule has 3 rings (SSSR count). The molecule has 0 fully saturated rings. The van der Waals surface area contributed by atoms with Crippen LogP contribution >= 0.6 is 0 Å². The predicted octanol–water partition coefficient (Wildman–Crippen LogP) is 5.03. The Morgan fingerprint density at radius 1 is 0.708 bits per heavy atom. The summed E-state index contributed by atoms with van der Waals surface area (Å²) < 4.78 is 5.72. The largest absolute Gasteiger partial charge is 0.449 e. The third-order valence-corrected chi connectivity index (χ3v) is 3.65. The minimum atomic E-state index is -0.416. The molecule has 3 aromatic rings. The van der Waals surface area contributed by atoms with E-state index in [2.05, 4.69) is 0 Å². The Hall–Kier alpha value is -3.13. The van der Waals surface area contributed by atoms with Gasteiger partial charge in [-0.2, -0.15) is 0 Å². The molecule has 0 unspecified atom stereocenters. The first-order valence-corrected chi connectivity index (χ1v) is 7.86. The number of benzene rings is 3. The van der Waals surface area contributed by atoms with E-state index in [9.17, 15) is 4.79 Å². The molecule has 118 valence electrons. The Morgan fingerprint density at radius 3 is 1.67 bits per heavy atom. The van der Waals surface area contributed by atoms with Crippen LogP contribution in [0.5, 0.6) is 0 Å². The van der Waals surface area contributed by atoms with Gasteiger partial charge in [-0.25, -0.2) is 4.79 Å². The summed E-state index contributed by atoms with van der Waals surface area (Å²) in [6, 6.07) is 29.2. The summed E-state index contributed by atoms with van der Waals surface area (Å²) in [5, 5.41) is 0. The molecule has 24 heavy (non-hydrogen) atoms. The Balaban J connectivity index is 1.80. The number of esters is 1. The topological polar surface area (TPSA) is 26.3 Å². The zero-order chi connectivity index (χ0) is 16.6. The highest BCUT2D eigenvalue weighted by Gasteiger charge is 2.17. The first-order chi connectivity index (χ1) is 11.8. The van der Waals surface area contributed by atoms with E-state index in [4.69, 9.17) is 4.74 Å². The van der Waals surface area contributed by atoms with Crippen molar-refractivity contribution in [2.75, 3.05) is 0 Å². The van der Waals surface area contributed by atoms with Crippen LogP contribution in [-0.2, 0) is 9.53 Å². The average molecular weight is 314 g/mol. The molecule has 0 aliphatic carbocycles. The van der Waals surface area contributed by atoms with Crippen molar-refractivity contribution in [3.05, 3.63) is 114 Å². The van der Waals surface area contributed by atoms with Crippen molar-refractivity contribution in [1.29, 1.82) is 0 Å². The first kappa shape index (κ1) is 15.8. The molecule has 0 atom stereocenters. The molecule has 0 heterocycles. The standard InChI is InChI=1S/C22H18O2/c23-21(17-16-18-10-4-1-5-11-18)24-22(19-12-6-2-7-13-19)20-14-8-3-9-15-20/h1-17,22H/b17-16+. The zero-order valence-corrected chi connectivity index (χ0v) is 13.2. The van der Waals surface area contributed by atoms with Gasteiger partial charge in [0.1, 0.15) is 0 Å². The Labute approximate surface area is 142 Å². The molecular formula is C22H18O2. The van der Waals surface area contributed by atoms with Gasteiger partial charge in [0.2, 0.25) is 0 Å². The average Bonchev–Trinajstić information content (AvgIpc) is 2.67. The van der Waals surface area contributed by atoms with Crippen molar-refractivity contribution in [1.82, 2.24) is 0 Å². The fourth-order valence-corrected chi connectivity index (χ4v) is 2.47. The van der Waals surface area contributed by atoms with Crippen LogP contribution in [0.2, 0.25) is 0 Å². The van der Waals surface area contributed by atoms with Gasteiger partial charge < -0.3 is 4.74 Å². The van der Waals surface area contributed by atoms with Gasteiger partial charge in [-0.15, -0.1) is 0 Å². The van der Waals surface area contributed by atoms with Gasteiger partial charge in [0, 0.05) is 6.08 Å². The molecule has 0 aliphatic heterocycles. The molecule has 0 saturated heterocycles. The van der Waals surface area contributed by atoms with Crippen molar-refractivity contribution >= 4 is 12.0 Å². The summed E-state index contributed by atoms with van der Waals surface area (Å²) in [5.74, 6) is -0.364. The number of hydrogen-bond donors (Lipinski definition) is 0. The smallest absolute Gasteiger partial charge is 0.331 e. The molecular weight excluding hydrogens is 296 g/mol. The van der Waals surface area contributed by atoms with Crippen LogP contribution in [0.25, 0.3) is 6.08 Å². The molecule has 2 heteroatoms. The molecule has 0 aromatic heterocycles. The predicted molar refractivity (Wildman–Crippen MR) is 96.3 cm³/mol. The van der Waals surface area contributed by atoms with E-state index in [1.54, 1.807) is 6.08 Å². The Bertz CT molecular complexity index is 754. The normalized spacial score (nSPS) is 10.9. The molecule has 0 bridgehead atoms. The summed E-state index contributed by atoms with van der Waals surface area (Å²) in [6.45, 7) is 0. The fourth-order valence-electron chi connectivity index (χ4n) is 2.47. The molecule has 2 nitrogen and oxygen atoms in total. The second kappa shape index (κ2) is 7.93.